The Kier molecular flexibility index (Phi) is 3.21. The molecule has 0 aromatic heterocycles. The molecule has 0 amide bonds. The summed E-state index contributed by atoms with van der Waals surface area (Å²) in [6.07, 6.45) is 0. The van der Waals surface area contributed by atoms with Gasteiger partial charge < -0.3 is 14.9 Å². The SMILES string of the molecule is C[N+]1(CCNc2ccc(O)c3c2C(=O)c2ccccc2C3=O)CC1. The summed E-state index contributed by atoms with van der Waals surface area (Å²) in [5, 5.41) is 13.4. The summed E-state index contributed by atoms with van der Waals surface area (Å²) in [5.74, 6) is -0.662. The molecule has 0 bridgehead atoms. The Bertz CT molecular complexity index is 869. The number of carbonyl (C=O) groups excluding carboxylic acids is 2. The molecule has 1 aliphatic carbocycles. The second-order valence-electron chi connectivity index (χ2n) is 6.80. The maximum atomic E-state index is 12.9. The number of hydrogen-bond acceptors (Lipinski definition) is 4. The standard InChI is InChI=1S/C19H18N2O3/c1-21(10-11-21)9-8-20-14-6-7-15(22)17-16(14)18(23)12-4-2-3-5-13(12)19(17)24/h2-7H,8-11H2,1H3,(H-,20,22,23,24)/p+1. The van der Waals surface area contributed by atoms with Crippen LogP contribution in [0.1, 0.15) is 31.8 Å². The van der Waals surface area contributed by atoms with E-state index in [2.05, 4.69) is 12.4 Å². The van der Waals surface area contributed by atoms with Crippen molar-refractivity contribution in [1.29, 1.82) is 0 Å². The van der Waals surface area contributed by atoms with E-state index >= 15 is 0 Å². The predicted molar refractivity (Wildman–Crippen MR) is 90.7 cm³/mol. The van der Waals surface area contributed by atoms with Gasteiger partial charge in [-0.2, -0.15) is 0 Å². The van der Waals surface area contributed by atoms with Crippen LogP contribution in [0.15, 0.2) is 36.4 Å². The lowest BCUT2D eigenvalue weighted by Crippen LogP contribution is -2.28. The first-order chi connectivity index (χ1) is 11.5. The first kappa shape index (κ1) is 14.9. The maximum Gasteiger partial charge on any atom is 0.198 e. The van der Waals surface area contributed by atoms with Gasteiger partial charge in [-0.05, 0) is 12.1 Å². The minimum absolute atomic E-state index is 0.107. The third kappa shape index (κ3) is 2.29. The third-order valence-electron chi connectivity index (χ3n) is 5.01. The van der Waals surface area contributed by atoms with E-state index < -0.39 is 0 Å². The van der Waals surface area contributed by atoms with Crippen LogP contribution in [0.4, 0.5) is 5.69 Å². The normalized spacial score (nSPS) is 17.2. The molecule has 1 heterocycles. The van der Waals surface area contributed by atoms with E-state index in [1.165, 1.54) is 19.2 Å². The Balaban J connectivity index is 1.73. The van der Waals surface area contributed by atoms with Gasteiger partial charge in [0.1, 0.15) is 18.8 Å². The molecule has 1 aliphatic heterocycles. The molecular weight excluding hydrogens is 304 g/mol. The van der Waals surface area contributed by atoms with E-state index in [1.54, 1.807) is 30.3 Å². The van der Waals surface area contributed by atoms with Gasteiger partial charge >= 0.3 is 0 Å². The zero-order valence-electron chi connectivity index (χ0n) is 13.5. The zero-order valence-corrected chi connectivity index (χ0v) is 13.5. The van der Waals surface area contributed by atoms with Crippen LogP contribution in [0, 0.1) is 0 Å². The highest BCUT2D eigenvalue weighted by molar-refractivity contribution is 6.31. The number of benzene rings is 2. The summed E-state index contributed by atoms with van der Waals surface area (Å²) >= 11 is 0. The molecule has 5 heteroatoms. The number of aromatic hydroxyl groups is 1. The predicted octanol–water partition coefficient (Wildman–Crippen LogP) is 2.04. The molecule has 2 aromatic carbocycles. The summed E-state index contributed by atoms with van der Waals surface area (Å²) in [5.41, 5.74) is 1.75. The average molecular weight is 323 g/mol. The van der Waals surface area contributed by atoms with Crippen LogP contribution in [-0.2, 0) is 0 Å². The van der Waals surface area contributed by atoms with Crippen LogP contribution in [0.2, 0.25) is 0 Å². The molecule has 0 saturated carbocycles. The van der Waals surface area contributed by atoms with Crippen molar-refractivity contribution in [2.45, 2.75) is 0 Å². The molecule has 0 spiro atoms. The highest BCUT2D eigenvalue weighted by atomic mass is 16.3. The summed E-state index contributed by atoms with van der Waals surface area (Å²) in [4.78, 5) is 25.6. The fourth-order valence-corrected chi connectivity index (χ4v) is 3.21. The number of anilines is 1. The van der Waals surface area contributed by atoms with Gasteiger partial charge in [-0.3, -0.25) is 9.59 Å². The highest BCUT2D eigenvalue weighted by Gasteiger charge is 2.37. The molecule has 122 valence electrons. The molecule has 4 rings (SSSR count). The second kappa shape index (κ2) is 5.18. The quantitative estimate of drug-likeness (QED) is 0.438. The van der Waals surface area contributed by atoms with E-state index in [-0.39, 0.29) is 28.4 Å². The van der Waals surface area contributed by atoms with Crippen molar-refractivity contribution in [3.05, 3.63) is 58.7 Å². The first-order valence-corrected chi connectivity index (χ1v) is 8.12. The Labute approximate surface area is 140 Å². The molecular formula is C19H19N2O3+. The zero-order chi connectivity index (χ0) is 16.9. The Morgan fingerprint density at radius 3 is 2.25 bits per heavy atom. The molecule has 0 radical (unpaired) electrons. The second-order valence-corrected chi connectivity index (χ2v) is 6.80. The lowest BCUT2D eigenvalue weighted by atomic mass is 9.82. The number of quaternary nitrogens is 1. The number of fused-ring (bicyclic) bond motifs is 2. The fraction of sp³-hybridized carbons (Fsp3) is 0.263. The van der Waals surface area contributed by atoms with Gasteiger partial charge in [-0.15, -0.1) is 0 Å². The van der Waals surface area contributed by atoms with E-state index in [0.29, 0.717) is 16.8 Å². The molecule has 1 saturated heterocycles. The van der Waals surface area contributed by atoms with Crippen LogP contribution in [0.3, 0.4) is 0 Å². The summed E-state index contributed by atoms with van der Waals surface area (Å²) in [7, 11) is 2.19. The number of nitrogens with zero attached hydrogens (tertiary/aromatic N) is 1. The van der Waals surface area contributed by atoms with Gasteiger partial charge in [-0.1, -0.05) is 24.3 Å². The Morgan fingerprint density at radius 2 is 1.62 bits per heavy atom. The van der Waals surface area contributed by atoms with Gasteiger partial charge in [-0.25, -0.2) is 0 Å². The van der Waals surface area contributed by atoms with Gasteiger partial charge in [0.15, 0.2) is 11.6 Å². The van der Waals surface area contributed by atoms with Crippen molar-refractivity contribution in [2.24, 2.45) is 0 Å². The first-order valence-electron chi connectivity index (χ1n) is 8.12. The van der Waals surface area contributed by atoms with E-state index in [0.717, 1.165) is 17.6 Å². The molecule has 2 aromatic rings. The molecule has 1 fully saturated rings. The van der Waals surface area contributed by atoms with Gasteiger partial charge in [0.2, 0.25) is 0 Å². The van der Waals surface area contributed by atoms with Crippen molar-refractivity contribution >= 4 is 17.3 Å². The van der Waals surface area contributed by atoms with Gasteiger partial charge in [0.25, 0.3) is 0 Å². The average Bonchev–Trinajstić information content (AvgIpc) is 3.31. The van der Waals surface area contributed by atoms with Crippen LogP contribution < -0.4 is 5.32 Å². The van der Waals surface area contributed by atoms with Crippen LogP contribution in [-0.4, -0.2) is 54.4 Å². The Hall–Kier alpha value is -2.66. The lowest BCUT2D eigenvalue weighted by molar-refractivity contribution is -0.775. The van der Waals surface area contributed by atoms with Crippen LogP contribution in [0.25, 0.3) is 0 Å². The van der Waals surface area contributed by atoms with Crippen LogP contribution >= 0.6 is 0 Å². The summed E-state index contributed by atoms with van der Waals surface area (Å²) < 4.78 is 1.03. The fourth-order valence-electron chi connectivity index (χ4n) is 3.21. The number of phenolic OH excluding ortho intramolecular Hbond substituents is 1. The lowest BCUT2D eigenvalue weighted by Gasteiger charge is -2.22. The minimum Gasteiger partial charge on any atom is -0.507 e. The molecule has 5 nitrogen and oxygen atoms in total. The number of ketones is 2. The van der Waals surface area contributed by atoms with Crippen molar-refractivity contribution in [3.8, 4) is 5.75 Å². The molecule has 2 N–H and O–H groups in total. The third-order valence-corrected chi connectivity index (χ3v) is 5.01. The Morgan fingerprint density at radius 1 is 1.00 bits per heavy atom. The molecule has 0 unspecified atom stereocenters. The maximum absolute atomic E-state index is 12.9. The number of likely N-dealkylation sites (N-methyl/N-ethyl adjacent to an activating group) is 1. The van der Waals surface area contributed by atoms with Crippen molar-refractivity contribution in [2.75, 3.05) is 38.5 Å². The van der Waals surface area contributed by atoms with Crippen molar-refractivity contribution in [1.82, 2.24) is 0 Å². The van der Waals surface area contributed by atoms with E-state index in [4.69, 9.17) is 0 Å². The summed E-state index contributed by atoms with van der Waals surface area (Å²) in [6, 6.07) is 9.92. The number of hydrogen-bond donors (Lipinski definition) is 2. The molecule has 24 heavy (non-hydrogen) atoms. The van der Waals surface area contributed by atoms with Gasteiger partial charge in [0, 0.05) is 16.8 Å². The van der Waals surface area contributed by atoms with E-state index in [9.17, 15) is 14.7 Å². The molecule has 0 atom stereocenters. The van der Waals surface area contributed by atoms with E-state index in [1.807, 2.05) is 0 Å². The van der Waals surface area contributed by atoms with Crippen LogP contribution in [0.5, 0.6) is 5.75 Å². The number of phenols is 1. The smallest absolute Gasteiger partial charge is 0.198 e. The minimum atomic E-state index is -0.300. The highest BCUT2D eigenvalue weighted by Crippen LogP contribution is 2.36. The monoisotopic (exact) mass is 323 g/mol. The van der Waals surface area contributed by atoms with Crippen molar-refractivity contribution < 1.29 is 19.2 Å². The molecule has 2 aliphatic rings. The number of carbonyl (C=O) groups is 2. The van der Waals surface area contributed by atoms with Gasteiger partial charge in [0.05, 0.1) is 31.3 Å². The van der Waals surface area contributed by atoms with Crippen molar-refractivity contribution in [3.63, 3.8) is 0 Å². The topological polar surface area (TPSA) is 66.4 Å². The number of nitrogens with one attached hydrogen (secondary N) is 1. The summed E-state index contributed by atoms with van der Waals surface area (Å²) in [6.45, 7) is 4.05. The largest absolute Gasteiger partial charge is 0.507 e. The number of rotatable bonds is 4.